The van der Waals surface area contributed by atoms with Gasteiger partial charge < -0.3 is 10.1 Å². The molecule has 0 unspecified atom stereocenters. The van der Waals surface area contributed by atoms with Crippen molar-refractivity contribution in [3.05, 3.63) is 42.3 Å². The van der Waals surface area contributed by atoms with E-state index < -0.39 is 0 Å². The van der Waals surface area contributed by atoms with Gasteiger partial charge in [0, 0.05) is 24.7 Å². The molecule has 6 nitrogen and oxygen atoms in total. The third-order valence-electron chi connectivity index (χ3n) is 5.22. The van der Waals surface area contributed by atoms with Crippen LogP contribution >= 0.6 is 0 Å². The molecule has 2 aliphatic heterocycles. The second-order valence-electron chi connectivity index (χ2n) is 6.84. The second kappa shape index (κ2) is 6.25. The van der Waals surface area contributed by atoms with Crippen LogP contribution in [0.15, 0.2) is 36.5 Å². The molecule has 1 fully saturated rings. The minimum atomic E-state index is -0.311. The number of anilines is 1. The third-order valence-corrected chi connectivity index (χ3v) is 5.22. The van der Waals surface area contributed by atoms with Crippen LogP contribution in [0.1, 0.15) is 12.8 Å². The summed E-state index contributed by atoms with van der Waals surface area (Å²) < 4.78 is 22.2. The number of nitrogens with one attached hydrogen (secondary N) is 1. The lowest BCUT2D eigenvalue weighted by molar-refractivity contribution is 0.177. The van der Waals surface area contributed by atoms with Gasteiger partial charge in [0.15, 0.2) is 5.65 Å². The smallest absolute Gasteiger partial charge is 0.154 e. The fraction of sp³-hybridized carbons (Fsp3) is 0.368. The Kier molecular flexibility index (Phi) is 3.74. The first kappa shape index (κ1) is 15.6. The molecule has 1 saturated heterocycles. The van der Waals surface area contributed by atoms with Gasteiger partial charge in [-0.2, -0.15) is 0 Å². The Morgan fingerprint density at radius 2 is 2.15 bits per heavy atom. The molecule has 7 heteroatoms. The summed E-state index contributed by atoms with van der Waals surface area (Å²) in [5.41, 5.74) is 1.74. The molecule has 1 atom stereocenters. The van der Waals surface area contributed by atoms with E-state index in [0.29, 0.717) is 35.3 Å². The first-order chi connectivity index (χ1) is 12.8. The Bertz CT molecular complexity index is 956. The number of rotatable bonds is 0. The minimum absolute atomic E-state index is 0.311. The van der Waals surface area contributed by atoms with Crippen molar-refractivity contribution in [3.63, 3.8) is 0 Å². The van der Waals surface area contributed by atoms with Crippen molar-refractivity contribution in [1.82, 2.24) is 19.5 Å². The van der Waals surface area contributed by atoms with Crippen LogP contribution in [0.3, 0.4) is 0 Å². The van der Waals surface area contributed by atoms with Gasteiger partial charge in [-0.25, -0.2) is 13.9 Å². The van der Waals surface area contributed by atoms with Gasteiger partial charge in [-0.05, 0) is 49.7 Å². The summed E-state index contributed by atoms with van der Waals surface area (Å²) in [5.74, 6) is 1.13. The zero-order valence-electron chi connectivity index (χ0n) is 14.4. The Morgan fingerprint density at radius 1 is 1.19 bits per heavy atom. The van der Waals surface area contributed by atoms with Crippen LogP contribution in [0.5, 0.6) is 5.75 Å². The van der Waals surface area contributed by atoms with Crippen molar-refractivity contribution < 1.29 is 9.13 Å². The number of nitrogens with zero attached hydrogens (tertiary/aromatic N) is 4. The monoisotopic (exact) mass is 353 g/mol. The predicted octanol–water partition coefficient (Wildman–Crippen LogP) is 2.80. The summed E-state index contributed by atoms with van der Waals surface area (Å²) in [6, 6.07) is 9.08. The summed E-state index contributed by atoms with van der Waals surface area (Å²) >= 11 is 0. The summed E-state index contributed by atoms with van der Waals surface area (Å²) in [5, 5.41) is 7.97. The maximum absolute atomic E-state index is 14.5. The number of hydrogen-bond acceptors (Lipinski definition) is 5. The van der Waals surface area contributed by atoms with Crippen LogP contribution in [-0.2, 0) is 0 Å². The number of ether oxygens (including phenoxy) is 1. The number of fused-ring (bicyclic) bond motifs is 5. The lowest BCUT2D eigenvalue weighted by Crippen LogP contribution is -2.37. The van der Waals surface area contributed by atoms with Gasteiger partial charge in [-0.1, -0.05) is 0 Å². The molecule has 134 valence electrons. The molecule has 1 N–H and O–H groups in total. The van der Waals surface area contributed by atoms with E-state index in [1.165, 1.54) is 12.5 Å². The molecule has 5 rings (SSSR count). The van der Waals surface area contributed by atoms with Crippen LogP contribution in [0.25, 0.3) is 16.9 Å². The van der Waals surface area contributed by atoms with Crippen molar-refractivity contribution in [2.45, 2.75) is 18.9 Å². The third kappa shape index (κ3) is 2.68. The van der Waals surface area contributed by atoms with E-state index in [4.69, 9.17) is 4.74 Å². The molecule has 0 amide bonds. The van der Waals surface area contributed by atoms with Crippen LogP contribution in [0.4, 0.5) is 10.2 Å². The second-order valence-corrected chi connectivity index (χ2v) is 6.84. The fourth-order valence-electron chi connectivity index (χ4n) is 3.84. The number of imidazole rings is 1. The molecule has 0 radical (unpaired) electrons. The zero-order valence-corrected chi connectivity index (χ0v) is 14.4. The number of aromatic nitrogens is 3. The quantitative estimate of drug-likeness (QED) is 0.674. The van der Waals surface area contributed by atoms with Gasteiger partial charge in [0.1, 0.15) is 24.0 Å². The van der Waals surface area contributed by atoms with Crippen molar-refractivity contribution in [3.8, 4) is 17.0 Å². The number of hydrogen-bond donors (Lipinski definition) is 1. The van der Waals surface area contributed by atoms with Crippen LogP contribution in [0.2, 0.25) is 0 Å². The van der Waals surface area contributed by atoms with E-state index in [1.54, 1.807) is 22.8 Å². The van der Waals surface area contributed by atoms with E-state index in [1.807, 2.05) is 12.1 Å². The minimum Gasteiger partial charge on any atom is -0.492 e. The zero-order chi connectivity index (χ0) is 17.5. The lowest BCUT2D eigenvalue weighted by Gasteiger charge is -2.25. The van der Waals surface area contributed by atoms with E-state index >= 15 is 0 Å². The van der Waals surface area contributed by atoms with Crippen LogP contribution in [0, 0.1) is 5.82 Å². The van der Waals surface area contributed by atoms with Gasteiger partial charge in [-0.15, -0.1) is 5.10 Å². The fourth-order valence-corrected chi connectivity index (χ4v) is 3.84. The molecule has 4 bridgehead atoms. The molecule has 2 aliphatic rings. The van der Waals surface area contributed by atoms with E-state index in [9.17, 15) is 4.39 Å². The van der Waals surface area contributed by atoms with Gasteiger partial charge in [0.2, 0.25) is 0 Å². The van der Waals surface area contributed by atoms with Crippen LogP contribution in [-0.4, -0.2) is 51.8 Å². The van der Waals surface area contributed by atoms with E-state index in [0.717, 1.165) is 31.9 Å². The molecule has 0 saturated carbocycles. The van der Waals surface area contributed by atoms with Gasteiger partial charge in [-0.3, -0.25) is 4.90 Å². The Labute approximate surface area is 150 Å². The Balaban J connectivity index is 1.62. The SMILES string of the molecule is Fc1ccc2cc1-c1cnc3ccc(nn13)NCCN1CCC[C@H]1CO2. The standard InChI is InChI=1S/C19H20FN5O/c20-16-4-3-14-10-15(16)17-11-22-19-6-5-18(23-25(17)19)21-7-9-24-8-1-2-13(24)12-26-14/h3-6,10-11,13H,1-2,7-9,12H2,(H,21,23)/t13-/m0/s1. The van der Waals surface area contributed by atoms with Crippen molar-refractivity contribution in [2.75, 3.05) is 31.6 Å². The first-order valence-electron chi connectivity index (χ1n) is 9.03. The average molecular weight is 353 g/mol. The molecule has 0 spiro atoms. The molecule has 0 aliphatic carbocycles. The van der Waals surface area contributed by atoms with Crippen molar-refractivity contribution in [1.29, 1.82) is 0 Å². The summed E-state index contributed by atoms with van der Waals surface area (Å²) in [6.45, 7) is 3.46. The summed E-state index contributed by atoms with van der Waals surface area (Å²) in [7, 11) is 0. The normalized spacial score (nSPS) is 20.4. The number of halogens is 1. The molecular weight excluding hydrogens is 333 g/mol. The molecule has 3 aromatic rings. The highest BCUT2D eigenvalue weighted by atomic mass is 19.1. The largest absolute Gasteiger partial charge is 0.492 e. The first-order valence-corrected chi connectivity index (χ1v) is 9.03. The average Bonchev–Trinajstić information content (AvgIpc) is 3.27. The van der Waals surface area contributed by atoms with Gasteiger partial charge in [0.05, 0.1) is 11.9 Å². The van der Waals surface area contributed by atoms with E-state index in [-0.39, 0.29) is 5.82 Å². The van der Waals surface area contributed by atoms with E-state index in [2.05, 4.69) is 20.3 Å². The molecule has 1 aromatic carbocycles. The summed E-state index contributed by atoms with van der Waals surface area (Å²) in [4.78, 5) is 6.80. The highest BCUT2D eigenvalue weighted by Crippen LogP contribution is 2.29. The highest BCUT2D eigenvalue weighted by molar-refractivity contribution is 5.65. The van der Waals surface area contributed by atoms with Crippen molar-refractivity contribution >= 4 is 11.5 Å². The lowest BCUT2D eigenvalue weighted by atomic mass is 10.1. The van der Waals surface area contributed by atoms with Gasteiger partial charge >= 0.3 is 0 Å². The maximum atomic E-state index is 14.5. The molecule has 4 heterocycles. The van der Waals surface area contributed by atoms with Crippen LogP contribution < -0.4 is 10.1 Å². The number of benzene rings is 1. The van der Waals surface area contributed by atoms with Crippen molar-refractivity contribution in [2.24, 2.45) is 0 Å². The highest BCUT2D eigenvalue weighted by Gasteiger charge is 2.25. The topological polar surface area (TPSA) is 54.7 Å². The molecular formula is C19H20FN5O. The summed E-state index contributed by atoms with van der Waals surface area (Å²) in [6.07, 6.45) is 3.97. The predicted molar refractivity (Wildman–Crippen MR) is 97.0 cm³/mol. The molecule has 2 aromatic heterocycles. The Hall–Kier alpha value is -2.67. The maximum Gasteiger partial charge on any atom is 0.154 e. The van der Waals surface area contributed by atoms with Gasteiger partial charge in [0.25, 0.3) is 0 Å². The molecule has 26 heavy (non-hydrogen) atoms. The Morgan fingerprint density at radius 3 is 3.12 bits per heavy atom.